The molecule has 0 spiro atoms. The fraction of sp³-hybridized carbons (Fsp3) is 0. The van der Waals surface area contributed by atoms with Crippen molar-refractivity contribution in [1.82, 2.24) is 15.0 Å². The molecule has 148 valence electrons. The summed E-state index contributed by atoms with van der Waals surface area (Å²) in [7, 11) is 0. The van der Waals surface area contributed by atoms with E-state index in [2.05, 4.69) is 36.2 Å². The van der Waals surface area contributed by atoms with E-state index in [4.69, 9.17) is 0 Å². The van der Waals surface area contributed by atoms with Crippen molar-refractivity contribution in [2.75, 3.05) is 21.3 Å². The highest BCUT2D eigenvalue weighted by molar-refractivity contribution is 5.99. The minimum absolute atomic E-state index is 0.303. The molecule has 30 heavy (non-hydrogen) atoms. The summed E-state index contributed by atoms with van der Waals surface area (Å²) < 4.78 is 0. The Bertz CT molecular complexity index is 1100. The van der Waals surface area contributed by atoms with Crippen LogP contribution in [0.5, 0.6) is 0 Å². The minimum Gasteiger partial charge on any atom is -0.340 e. The van der Waals surface area contributed by atoms with Crippen LogP contribution in [0.15, 0.2) is 91.4 Å². The van der Waals surface area contributed by atoms with Gasteiger partial charge in [-0.3, -0.25) is 0 Å². The molecular weight excluding hydrogens is 378 g/mol. The molecule has 2 heterocycles. The van der Waals surface area contributed by atoms with Crippen molar-refractivity contribution in [1.29, 1.82) is 0 Å². The highest BCUT2D eigenvalue weighted by Crippen LogP contribution is 2.20. The van der Waals surface area contributed by atoms with Crippen LogP contribution in [-0.4, -0.2) is 21.0 Å². The summed E-state index contributed by atoms with van der Waals surface area (Å²) in [5.41, 5.74) is 2.23. The third-order valence-corrected chi connectivity index (χ3v) is 4.03. The van der Waals surface area contributed by atoms with Gasteiger partial charge in [-0.05, 0) is 48.5 Å². The van der Waals surface area contributed by atoms with E-state index >= 15 is 0 Å². The maximum Gasteiger partial charge on any atom is 0.323 e. The van der Waals surface area contributed by atoms with Crippen LogP contribution in [0.1, 0.15) is 0 Å². The average molecular weight is 397 g/mol. The SMILES string of the molecule is O=C(Nc1ccccc1)Nc1ccc(Nc2cc(Nc3ccccn3)ncn2)cc1. The van der Waals surface area contributed by atoms with Crippen molar-refractivity contribution in [3.05, 3.63) is 91.4 Å². The van der Waals surface area contributed by atoms with E-state index < -0.39 is 0 Å². The van der Waals surface area contributed by atoms with Gasteiger partial charge in [-0.15, -0.1) is 0 Å². The summed E-state index contributed by atoms with van der Waals surface area (Å²) in [6.07, 6.45) is 3.18. The van der Waals surface area contributed by atoms with E-state index in [0.29, 0.717) is 23.1 Å². The van der Waals surface area contributed by atoms with Gasteiger partial charge in [0.05, 0.1) is 0 Å². The molecule has 0 bridgehead atoms. The van der Waals surface area contributed by atoms with Gasteiger partial charge in [-0.1, -0.05) is 24.3 Å². The Hall–Kier alpha value is -4.46. The molecule has 0 aliphatic heterocycles. The summed E-state index contributed by atoms with van der Waals surface area (Å²) in [6.45, 7) is 0. The van der Waals surface area contributed by atoms with Crippen molar-refractivity contribution in [3.63, 3.8) is 0 Å². The van der Waals surface area contributed by atoms with Crippen molar-refractivity contribution in [3.8, 4) is 0 Å². The number of hydrogen-bond donors (Lipinski definition) is 4. The topological polar surface area (TPSA) is 104 Å². The molecule has 0 fully saturated rings. The minimum atomic E-state index is -0.303. The smallest absolute Gasteiger partial charge is 0.323 e. The molecule has 0 unspecified atom stereocenters. The van der Waals surface area contributed by atoms with E-state index in [0.717, 1.165) is 11.4 Å². The Morgan fingerprint density at radius 2 is 1.23 bits per heavy atom. The molecule has 4 N–H and O–H groups in total. The standard InChI is InChI=1S/C22H19N7O/c30-22(27-16-6-2-1-3-7-16)28-18-11-9-17(10-12-18)26-20-14-21(25-15-24-20)29-19-8-4-5-13-23-19/h1-15H,(H2,27,28,30)(H2,23,24,25,26,29). The highest BCUT2D eigenvalue weighted by Gasteiger charge is 2.04. The molecule has 4 aromatic rings. The molecule has 0 aliphatic carbocycles. The molecule has 0 aliphatic rings. The maximum absolute atomic E-state index is 12.1. The lowest BCUT2D eigenvalue weighted by atomic mass is 10.2. The number of urea groups is 1. The average Bonchev–Trinajstić information content (AvgIpc) is 2.77. The van der Waals surface area contributed by atoms with Gasteiger partial charge in [0.15, 0.2) is 0 Å². The van der Waals surface area contributed by atoms with Crippen molar-refractivity contribution < 1.29 is 4.79 Å². The number of carbonyl (C=O) groups excluding carboxylic acids is 1. The molecule has 2 amide bonds. The number of para-hydroxylation sites is 1. The van der Waals surface area contributed by atoms with Crippen LogP contribution in [0.2, 0.25) is 0 Å². The molecule has 8 nitrogen and oxygen atoms in total. The summed E-state index contributed by atoms with van der Waals surface area (Å²) in [5, 5.41) is 11.9. The second-order valence-electron chi connectivity index (χ2n) is 6.28. The van der Waals surface area contributed by atoms with Gasteiger partial charge in [0.25, 0.3) is 0 Å². The summed E-state index contributed by atoms with van der Waals surface area (Å²) in [5.74, 6) is 1.96. The summed E-state index contributed by atoms with van der Waals surface area (Å²) in [6, 6.07) is 23.7. The van der Waals surface area contributed by atoms with E-state index in [1.807, 2.05) is 60.7 Å². The van der Waals surface area contributed by atoms with Crippen LogP contribution in [0.25, 0.3) is 0 Å². The highest BCUT2D eigenvalue weighted by atomic mass is 16.2. The van der Waals surface area contributed by atoms with Crippen LogP contribution in [0.4, 0.5) is 39.3 Å². The second-order valence-corrected chi connectivity index (χ2v) is 6.28. The first-order valence-electron chi connectivity index (χ1n) is 9.25. The van der Waals surface area contributed by atoms with Crippen molar-refractivity contribution in [2.45, 2.75) is 0 Å². The Morgan fingerprint density at radius 3 is 1.93 bits per heavy atom. The number of benzene rings is 2. The normalized spacial score (nSPS) is 10.1. The number of pyridine rings is 1. The van der Waals surface area contributed by atoms with Crippen molar-refractivity contribution in [2.24, 2.45) is 0 Å². The number of hydrogen-bond acceptors (Lipinski definition) is 6. The molecule has 0 atom stereocenters. The third-order valence-electron chi connectivity index (χ3n) is 4.03. The number of carbonyl (C=O) groups is 1. The Morgan fingerprint density at radius 1 is 0.600 bits per heavy atom. The molecule has 2 aromatic carbocycles. The first kappa shape index (κ1) is 18.9. The van der Waals surface area contributed by atoms with E-state index in [-0.39, 0.29) is 6.03 Å². The van der Waals surface area contributed by atoms with Crippen LogP contribution < -0.4 is 21.3 Å². The van der Waals surface area contributed by atoms with Gasteiger partial charge in [0.2, 0.25) is 0 Å². The van der Waals surface area contributed by atoms with Crippen LogP contribution in [-0.2, 0) is 0 Å². The fourth-order valence-electron chi connectivity index (χ4n) is 2.66. The van der Waals surface area contributed by atoms with Crippen molar-refractivity contribution >= 4 is 40.5 Å². The van der Waals surface area contributed by atoms with E-state index in [1.54, 1.807) is 24.4 Å². The predicted molar refractivity (Wildman–Crippen MR) is 118 cm³/mol. The monoisotopic (exact) mass is 397 g/mol. The van der Waals surface area contributed by atoms with Crippen LogP contribution >= 0.6 is 0 Å². The fourth-order valence-corrected chi connectivity index (χ4v) is 2.66. The third kappa shape index (κ3) is 5.29. The van der Waals surface area contributed by atoms with Gasteiger partial charge in [-0.25, -0.2) is 19.7 Å². The number of rotatable bonds is 6. The van der Waals surface area contributed by atoms with Crippen LogP contribution in [0.3, 0.4) is 0 Å². The lowest BCUT2D eigenvalue weighted by Crippen LogP contribution is -2.19. The molecule has 0 saturated heterocycles. The molecule has 4 rings (SSSR count). The summed E-state index contributed by atoms with van der Waals surface area (Å²) in [4.78, 5) is 24.7. The van der Waals surface area contributed by atoms with E-state index in [1.165, 1.54) is 6.33 Å². The zero-order valence-electron chi connectivity index (χ0n) is 15.9. The molecular formula is C22H19N7O. The molecule has 0 saturated carbocycles. The number of aromatic nitrogens is 3. The second kappa shape index (κ2) is 9.16. The van der Waals surface area contributed by atoms with Gasteiger partial charge in [0, 0.05) is 29.3 Å². The molecule has 8 heteroatoms. The Labute approximate surface area is 173 Å². The lowest BCUT2D eigenvalue weighted by molar-refractivity contribution is 0.262. The Kier molecular flexibility index (Phi) is 5.76. The number of anilines is 6. The zero-order valence-corrected chi connectivity index (χ0v) is 15.9. The number of nitrogens with one attached hydrogen (secondary N) is 4. The van der Waals surface area contributed by atoms with Gasteiger partial charge in [-0.2, -0.15) is 0 Å². The summed E-state index contributed by atoms with van der Waals surface area (Å²) >= 11 is 0. The first-order chi connectivity index (χ1) is 14.7. The molecule has 2 aromatic heterocycles. The molecule has 0 radical (unpaired) electrons. The maximum atomic E-state index is 12.1. The number of amides is 2. The van der Waals surface area contributed by atoms with E-state index in [9.17, 15) is 4.79 Å². The number of nitrogens with zero attached hydrogens (tertiary/aromatic N) is 3. The largest absolute Gasteiger partial charge is 0.340 e. The first-order valence-corrected chi connectivity index (χ1v) is 9.25. The zero-order chi connectivity index (χ0) is 20.6. The Balaban J connectivity index is 1.35. The predicted octanol–water partition coefficient (Wildman–Crippen LogP) is 5.00. The van der Waals surface area contributed by atoms with Gasteiger partial charge >= 0.3 is 6.03 Å². The van der Waals surface area contributed by atoms with Crippen LogP contribution in [0, 0.1) is 0 Å². The van der Waals surface area contributed by atoms with Gasteiger partial charge < -0.3 is 21.3 Å². The lowest BCUT2D eigenvalue weighted by Gasteiger charge is -2.10. The van der Waals surface area contributed by atoms with Gasteiger partial charge in [0.1, 0.15) is 23.8 Å². The quantitative estimate of drug-likeness (QED) is 0.365.